The molecule has 0 aliphatic heterocycles. The Kier molecular flexibility index (Phi) is 9.76. The van der Waals surface area contributed by atoms with Crippen molar-refractivity contribution in [2.75, 3.05) is 36.2 Å². The average Bonchev–Trinajstić information content (AvgIpc) is 2.26. The first-order chi connectivity index (χ1) is 7.49. The maximum atomic E-state index is 11.3. The molecule has 0 bridgehead atoms. The topological polar surface area (TPSA) is 127 Å². The monoisotopic (exact) mass is 274 g/mol. The van der Waals surface area contributed by atoms with Crippen molar-refractivity contribution < 1.29 is 29.5 Å². The lowest BCUT2D eigenvalue weighted by molar-refractivity contribution is 0.112. The smallest absolute Gasteiger partial charge is 0.150 e. The first-order valence-corrected chi connectivity index (χ1v) is 7.75. The van der Waals surface area contributed by atoms with Crippen LogP contribution in [0.15, 0.2) is 0 Å². The number of aliphatic hydroxyl groups excluding tert-OH is 4. The van der Waals surface area contributed by atoms with Crippen LogP contribution < -0.4 is 0 Å². The third-order valence-electron chi connectivity index (χ3n) is 1.72. The van der Waals surface area contributed by atoms with E-state index in [1.807, 2.05) is 0 Å². The minimum atomic E-state index is -1.33. The summed E-state index contributed by atoms with van der Waals surface area (Å²) < 4.78 is 22.5. The van der Waals surface area contributed by atoms with Crippen molar-refractivity contribution in [2.24, 2.45) is 0 Å². The molecule has 0 aromatic carbocycles. The minimum Gasteiger partial charge on any atom is -0.616 e. The lowest BCUT2D eigenvalue weighted by Crippen LogP contribution is -2.31. The quantitative estimate of drug-likeness (QED) is 0.336. The molecular weight excluding hydrogens is 256 g/mol. The molecule has 0 aromatic rings. The van der Waals surface area contributed by atoms with Crippen LogP contribution in [-0.2, 0) is 22.4 Å². The van der Waals surface area contributed by atoms with Crippen molar-refractivity contribution in [2.45, 2.75) is 12.2 Å². The Labute approximate surface area is 101 Å². The second kappa shape index (κ2) is 9.49. The molecule has 0 aromatic heterocycles. The van der Waals surface area contributed by atoms with Gasteiger partial charge in [-0.25, -0.2) is 0 Å². The molecule has 4 unspecified atom stereocenters. The molecule has 0 aliphatic rings. The van der Waals surface area contributed by atoms with Crippen LogP contribution in [0, 0.1) is 0 Å². The maximum absolute atomic E-state index is 11.3. The third-order valence-corrected chi connectivity index (χ3v) is 4.81. The van der Waals surface area contributed by atoms with Gasteiger partial charge in [-0.05, 0) is 22.4 Å². The summed E-state index contributed by atoms with van der Waals surface area (Å²) in [6.07, 6.45) is -2.03. The van der Waals surface area contributed by atoms with Gasteiger partial charge in [0.2, 0.25) is 0 Å². The predicted molar refractivity (Wildman–Crippen MR) is 61.9 cm³/mol. The van der Waals surface area contributed by atoms with Gasteiger partial charge in [0.1, 0.15) is 35.2 Å². The van der Waals surface area contributed by atoms with E-state index in [0.717, 1.165) is 0 Å². The van der Waals surface area contributed by atoms with E-state index >= 15 is 0 Å². The Morgan fingerprint density at radius 2 is 1.12 bits per heavy atom. The largest absolute Gasteiger partial charge is 0.616 e. The maximum Gasteiger partial charge on any atom is 0.150 e. The van der Waals surface area contributed by atoms with Gasteiger partial charge in [-0.1, -0.05) is 0 Å². The number of hydrogen-bond donors (Lipinski definition) is 4. The molecular formula is C8H18O6S2. The van der Waals surface area contributed by atoms with Crippen molar-refractivity contribution in [1.29, 1.82) is 0 Å². The van der Waals surface area contributed by atoms with E-state index in [-0.39, 0.29) is 23.0 Å². The SMILES string of the molecule is [O-][S+](CC[S+]([O-])CC(O)CO)CC(O)CO. The van der Waals surface area contributed by atoms with Crippen LogP contribution in [0.5, 0.6) is 0 Å². The Hall–Kier alpha value is 0.460. The van der Waals surface area contributed by atoms with Crippen molar-refractivity contribution in [3.05, 3.63) is 0 Å². The molecule has 0 aliphatic carbocycles. The van der Waals surface area contributed by atoms with E-state index in [1.165, 1.54) is 0 Å². The van der Waals surface area contributed by atoms with Gasteiger partial charge in [0.15, 0.2) is 0 Å². The highest BCUT2D eigenvalue weighted by Gasteiger charge is 2.19. The fourth-order valence-electron chi connectivity index (χ4n) is 0.887. The lowest BCUT2D eigenvalue weighted by Gasteiger charge is -2.16. The first kappa shape index (κ1) is 16.5. The van der Waals surface area contributed by atoms with Crippen LogP contribution in [0.1, 0.15) is 0 Å². The van der Waals surface area contributed by atoms with Crippen LogP contribution in [0.2, 0.25) is 0 Å². The summed E-state index contributed by atoms with van der Waals surface area (Å²) in [7, 11) is 0. The molecule has 0 saturated carbocycles. The zero-order valence-electron chi connectivity index (χ0n) is 8.82. The lowest BCUT2D eigenvalue weighted by atomic mass is 10.4. The van der Waals surface area contributed by atoms with E-state index in [2.05, 4.69) is 0 Å². The van der Waals surface area contributed by atoms with E-state index in [4.69, 9.17) is 20.4 Å². The van der Waals surface area contributed by atoms with Gasteiger partial charge in [-0.3, -0.25) is 0 Å². The molecule has 0 saturated heterocycles. The van der Waals surface area contributed by atoms with Crippen molar-refractivity contribution in [3.63, 3.8) is 0 Å². The molecule has 0 amide bonds. The zero-order chi connectivity index (χ0) is 12.6. The number of aliphatic hydroxyl groups is 4. The molecule has 4 atom stereocenters. The number of rotatable bonds is 9. The molecule has 0 radical (unpaired) electrons. The Morgan fingerprint density at radius 1 is 0.812 bits per heavy atom. The molecule has 0 fully saturated rings. The molecule has 0 heterocycles. The van der Waals surface area contributed by atoms with Crippen LogP contribution >= 0.6 is 0 Å². The Bertz CT molecular complexity index is 155. The molecule has 4 N–H and O–H groups in total. The highest BCUT2D eigenvalue weighted by molar-refractivity contribution is 7.95. The highest BCUT2D eigenvalue weighted by Crippen LogP contribution is 2.00. The summed E-state index contributed by atoms with van der Waals surface area (Å²) in [5.74, 6) is 0.191. The van der Waals surface area contributed by atoms with E-state index in [0.29, 0.717) is 0 Å². The van der Waals surface area contributed by atoms with Crippen molar-refractivity contribution in [3.8, 4) is 0 Å². The van der Waals surface area contributed by atoms with E-state index in [9.17, 15) is 9.11 Å². The summed E-state index contributed by atoms with van der Waals surface area (Å²) in [5, 5.41) is 35.0. The fraction of sp³-hybridized carbons (Fsp3) is 1.00. The molecule has 0 spiro atoms. The van der Waals surface area contributed by atoms with Crippen LogP contribution in [-0.4, -0.2) is 78.0 Å². The second-order valence-corrected chi connectivity index (χ2v) is 6.54. The summed E-state index contributed by atoms with van der Waals surface area (Å²) in [6.45, 7) is -0.893. The Morgan fingerprint density at radius 3 is 1.38 bits per heavy atom. The third kappa shape index (κ3) is 8.59. The summed E-state index contributed by atoms with van der Waals surface area (Å²) in [6, 6.07) is 0. The Balaban J connectivity index is 3.62. The minimum absolute atomic E-state index is 0.0454. The van der Waals surface area contributed by atoms with Crippen LogP contribution in [0.4, 0.5) is 0 Å². The summed E-state index contributed by atoms with van der Waals surface area (Å²) in [5.41, 5.74) is 0. The normalized spacial score (nSPS) is 19.1. The number of hydrogen-bond acceptors (Lipinski definition) is 6. The predicted octanol–water partition coefficient (Wildman–Crippen LogP) is -2.81. The highest BCUT2D eigenvalue weighted by atomic mass is 32.2. The molecule has 8 heteroatoms. The molecule has 0 rings (SSSR count). The van der Waals surface area contributed by atoms with Gasteiger partial charge in [0.25, 0.3) is 0 Å². The van der Waals surface area contributed by atoms with Crippen LogP contribution in [0.25, 0.3) is 0 Å². The van der Waals surface area contributed by atoms with Gasteiger partial charge in [-0.2, -0.15) is 0 Å². The zero-order valence-corrected chi connectivity index (χ0v) is 10.5. The fourth-order valence-corrected chi connectivity index (χ4v) is 3.78. The molecule has 98 valence electrons. The standard InChI is InChI=1S/C8H18O6S2/c9-3-7(11)5-15(13)1-2-16(14)6-8(12)4-10/h7-12H,1-6H2. The van der Waals surface area contributed by atoms with Gasteiger partial charge in [0, 0.05) is 0 Å². The van der Waals surface area contributed by atoms with Gasteiger partial charge >= 0.3 is 0 Å². The van der Waals surface area contributed by atoms with Crippen LogP contribution in [0.3, 0.4) is 0 Å². The second-order valence-electron chi connectivity index (χ2n) is 3.29. The van der Waals surface area contributed by atoms with E-state index < -0.39 is 47.8 Å². The summed E-state index contributed by atoms with van der Waals surface area (Å²) >= 11 is -2.67. The van der Waals surface area contributed by atoms with E-state index in [1.54, 1.807) is 0 Å². The summed E-state index contributed by atoms with van der Waals surface area (Å²) in [4.78, 5) is 0. The van der Waals surface area contributed by atoms with Gasteiger partial charge in [0.05, 0.1) is 13.2 Å². The van der Waals surface area contributed by atoms with Gasteiger partial charge < -0.3 is 29.5 Å². The van der Waals surface area contributed by atoms with Gasteiger partial charge in [-0.15, -0.1) is 0 Å². The average molecular weight is 274 g/mol. The van der Waals surface area contributed by atoms with Crippen molar-refractivity contribution >= 4 is 22.4 Å². The first-order valence-electron chi connectivity index (χ1n) is 4.77. The molecule has 6 nitrogen and oxygen atoms in total. The molecule has 16 heavy (non-hydrogen) atoms. The van der Waals surface area contributed by atoms with Crippen molar-refractivity contribution in [1.82, 2.24) is 0 Å².